The number of hydrogen-bond acceptors (Lipinski definition) is 0. The Bertz CT molecular complexity index is 1860. The lowest BCUT2D eigenvalue weighted by molar-refractivity contribution is 1.70. The van der Waals surface area contributed by atoms with E-state index in [9.17, 15) is 0 Å². The van der Waals surface area contributed by atoms with Crippen LogP contribution < -0.4 is 0 Å². The van der Waals surface area contributed by atoms with E-state index in [-0.39, 0.29) is 0 Å². The molecule has 0 N–H and O–H groups in total. The second kappa shape index (κ2) is 6.58. The first-order valence-electron chi connectivity index (χ1n) is 10.9. The van der Waals surface area contributed by atoms with Gasteiger partial charge in [0.05, 0.1) is 0 Å². The van der Waals surface area contributed by atoms with E-state index in [1.54, 1.807) is 0 Å². The van der Waals surface area contributed by atoms with Gasteiger partial charge in [0.25, 0.3) is 0 Å². The molecule has 0 aromatic heterocycles. The summed E-state index contributed by atoms with van der Waals surface area (Å²) in [5.41, 5.74) is 2.12. The fourth-order valence-corrected chi connectivity index (χ4v) is 5.00. The number of hydrogen-bond donors (Lipinski definition) is 0. The highest BCUT2D eigenvalue weighted by Crippen LogP contribution is 2.35. The van der Waals surface area contributed by atoms with Crippen LogP contribution >= 0.6 is 0 Å². The van der Waals surface area contributed by atoms with Gasteiger partial charge in [-0.1, -0.05) is 90.7 Å². The Morgan fingerprint density at radius 1 is 0.375 bits per heavy atom. The molecular weight excluding hydrogens is 384 g/mol. The van der Waals surface area contributed by atoms with Crippen LogP contribution in [0.2, 0.25) is 0 Å². The fourth-order valence-electron chi connectivity index (χ4n) is 5.00. The summed E-state index contributed by atoms with van der Waals surface area (Å²) in [6.45, 7) is 0. The van der Waals surface area contributed by atoms with Crippen LogP contribution in [0.1, 0.15) is 11.1 Å². The molecule has 0 amide bonds. The average molecular weight is 402 g/mol. The number of fused-ring (bicyclic) bond motifs is 2. The van der Waals surface area contributed by atoms with Gasteiger partial charge in [-0.25, -0.2) is 0 Å². The molecule has 7 aromatic rings. The van der Waals surface area contributed by atoms with E-state index in [0.717, 1.165) is 11.1 Å². The maximum atomic E-state index is 3.47. The minimum absolute atomic E-state index is 1.04. The highest BCUT2D eigenvalue weighted by molar-refractivity contribution is 6.23. The van der Waals surface area contributed by atoms with Crippen molar-refractivity contribution in [1.82, 2.24) is 0 Å². The Labute approximate surface area is 186 Å². The van der Waals surface area contributed by atoms with Crippen LogP contribution in [-0.4, -0.2) is 0 Å². The van der Waals surface area contributed by atoms with E-state index < -0.39 is 0 Å². The zero-order valence-electron chi connectivity index (χ0n) is 17.4. The molecule has 0 unspecified atom stereocenters. The van der Waals surface area contributed by atoms with Gasteiger partial charge in [-0.3, -0.25) is 0 Å². The minimum atomic E-state index is 1.04. The molecule has 0 saturated heterocycles. The lowest BCUT2D eigenvalue weighted by atomic mass is 9.92. The number of benzene rings is 7. The molecule has 7 aromatic carbocycles. The summed E-state index contributed by atoms with van der Waals surface area (Å²) in [6, 6.07) is 39.3. The molecule has 0 spiro atoms. The third-order valence-electron chi connectivity index (χ3n) is 6.57. The van der Waals surface area contributed by atoms with Gasteiger partial charge >= 0.3 is 0 Å². The van der Waals surface area contributed by atoms with Gasteiger partial charge in [0.1, 0.15) is 0 Å². The predicted octanol–water partition coefficient (Wildman–Crippen LogP) is 8.29. The molecule has 0 atom stereocenters. The molecule has 0 aliphatic heterocycles. The van der Waals surface area contributed by atoms with Gasteiger partial charge < -0.3 is 0 Å². The second-order valence-corrected chi connectivity index (χ2v) is 8.48. The molecule has 0 bridgehead atoms. The molecule has 0 radical (unpaired) electrons. The highest BCUT2D eigenvalue weighted by Gasteiger charge is 2.09. The van der Waals surface area contributed by atoms with Crippen LogP contribution in [0.15, 0.2) is 109 Å². The van der Waals surface area contributed by atoms with Crippen LogP contribution in [0, 0.1) is 11.8 Å². The van der Waals surface area contributed by atoms with Crippen molar-refractivity contribution in [2.75, 3.05) is 0 Å². The van der Waals surface area contributed by atoms with Crippen LogP contribution in [-0.2, 0) is 0 Å². The van der Waals surface area contributed by atoms with Crippen molar-refractivity contribution in [2.45, 2.75) is 0 Å². The van der Waals surface area contributed by atoms with Crippen LogP contribution in [0.3, 0.4) is 0 Å². The fraction of sp³-hybridized carbons (Fsp3) is 0. The van der Waals surface area contributed by atoms with E-state index in [0.29, 0.717) is 0 Å². The summed E-state index contributed by atoms with van der Waals surface area (Å²) < 4.78 is 0. The third kappa shape index (κ3) is 2.59. The Hall–Kier alpha value is -4.34. The topological polar surface area (TPSA) is 0 Å². The molecule has 0 aliphatic carbocycles. The standard InChI is InChI=1S/C32H18/c1-2-5-27-20-29-18-21(9-11-28(29)19-26(27)4-1)8-10-22-12-13-25-15-14-23-6-3-7-24-16-17-30(22)32(25)31(23)24/h1-7,9,11-20H. The average Bonchev–Trinajstić information content (AvgIpc) is 2.85. The van der Waals surface area contributed by atoms with Crippen molar-refractivity contribution in [3.05, 3.63) is 120 Å². The first kappa shape index (κ1) is 17.4. The monoisotopic (exact) mass is 402 g/mol. The lowest BCUT2D eigenvalue weighted by Gasteiger charge is -2.11. The van der Waals surface area contributed by atoms with Crippen molar-refractivity contribution in [3.8, 4) is 11.8 Å². The van der Waals surface area contributed by atoms with Gasteiger partial charge in [0.2, 0.25) is 0 Å². The van der Waals surface area contributed by atoms with Crippen LogP contribution in [0.4, 0.5) is 0 Å². The lowest BCUT2D eigenvalue weighted by Crippen LogP contribution is -1.86. The van der Waals surface area contributed by atoms with E-state index >= 15 is 0 Å². The molecular formula is C32H18. The normalized spacial score (nSPS) is 11.5. The van der Waals surface area contributed by atoms with Crippen molar-refractivity contribution in [2.24, 2.45) is 0 Å². The SMILES string of the molecule is C(#Cc1ccc2ccc3cccc4ccc1c2c34)c1ccc2cc3ccccc3cc2c1. The first-order chi connectivity index (χ1) is 15.8. The van der Waals surface area contributed by atoms with Gasteiger partial charge in [-0.15, -0.1) is 0 Å². The Kier molecular flexibility index (Phi) is 3.57. The zero-order valence-corrected chi connectivity index (χ0v) is 17.4. The first-order valence-corrected chi connectivity index (χ1v) is 10.9. The Balaban J connectivity index is 1.40. The predicted molar refractivity (Wildman–Crippen MR) is 138 cm³/mol. The molecule has 146 valence electrons. The van der Waals surface area contributed by atoms with Crippen LogP contribution in [0.5, 0.6) is 0 Å². The van der Waals surface area contributed by atoms with Gasteiger partial charge in [0.15, 0.2) is 0 Å². The Morgan fingerprint density at radius 3 is 1.78 bits per heavy atom. The van der Waals surface area contributed by atoms with E-state index in [1.165, 1.54) is 53.9 Å². The molecule has 0 heterocycles. The highest BCUT2D eigenvalue weighted by atomic mass is 14.1. The van der Waals surface area contributed by atoms with E-state index in [1.807, 2.05) is 0 Å². The molecule has 0 fully saturated rings. The van der Waals surface area contributed by atoms with Crippen molar-refractivity contribution >= 4 is 53.9 Å². The maximum Gasteiger partial charge on any atom is 0.0328 e. The second-order valence-electron chi connectivity index (χ2n) is 8.48. The van der Waals surface area contributed by atoms with Crippen molar-refractivity contribution < 1.29 is 0 Å². The van der Waals surface area contributed by atoms with Crippen molar-refractivity contribution in [3.63, 3.8) is 0 Å². The summed E-state index contributed by atoms with van der Waals surface area (Å²) in [6.07, 6.45) is 0. The van der Waals surface area contributed by atoms with E-state index in [4.69, 9.17) is 0 Å². The van der Waals surface area contributed by atoms with Gasteiger partial charge in [0, 0.05) is 11.1 Å². The van der Waals surface area contributed by atoms with E-state index in [2.05, 4.69) is 121 Å². The minimum Gasteiger partial charge on any atom is -0.0616 e. The number of rotatable bonds is 0. The van der Waals surface area contributed by atoms with Crippen LogP contribution in [0.25, 0.3) is 53.9 Å². The molecule has 0 nitrogen and oxygen atoms in total. The summed E-state index contributed by atoms with van der Waals surface area (Å²) >= 11 is 0. The summed E-state index contributed by atoms with van der Waals surface area (Å²) in [4.78, 5) is 0. The Morgan fingerprint density at radius 2 is 0.969 bits per heavy atom. The summed E-state index contributed by atoms with van der Waals surface area (Å²) in [5.74, 6) is 6.89. The third-order valence-corrected chi connectivity index (χ3v) is 6.57. The zero-order chi connectivity index (χ0) is 21.1. The van der Waals surface area contributed by atoms with Crippen molar-refractivity contribution in [1.29, 1.82) is 0 Å². The molecule has 0 aliphatic rings. The van der Waals surface area contributed by atoms with Gasteiger partial charge in [-0.2, -0.15) is 0 Å². The quantitative estimate of drug-likeness (QED) is 0.136. The molecule has 0 heteroatoms. The molecule has 0 saturated carbocycles. The summed E-state index contributed by atoms with van der Waals surface area (Å²) in [7, 11) is 0. The molecule has 7 rings (SSSR count). The molecule has 32 heavy (non-hydrogen) atoms. The summed E-state index contributed by atoms with van der Waals surface area (Å²) in [5, 5.41) is 12.7. The maximum absolute atomic E-state index is 3.47. The largest absolute Gasteiger partial charge is 0.0616 e. The van der Waals surface area contributed by atoms with Gasteiger partial charge in [-0.05, 0) is 84.2 Å². The smallest absolute Gasteiger partial charge is 0.0328 e.